The maximum Gasteiger partial charge on any atom is 0.328 e. The van der Waals surface area contributed by atoms with E-state index in [-0.39, 0.29) is 24.6 Å². The van der Waals surface area contributed by atoms with Crippen molar-refractivity contribution in [1.82, 2.24) is 4.90 Å². The summed E-state index contributed by atoms with van der Waals surface area (Å²) < 4.78 is 19.9. The van der Waals surface area contributed by atoms with Crippen LogP contribution >= 0.6 is 0 Å². The van der Waals surface area contributed by atoms with Gasteiger partial charge in [-0.15, -0.1) is 0 Å². The van der Waals surface area contributed by atoms with Crippen LogP contribution in [0.4, 0.5) is 4.39 Å². The molecule has 2 N–H and O–H groups in total. The molecule has 0 aliphatic carbocycles. The van der Waals surface area contributed by atoms with Gasteiger partial charge in [0.2, 0.25) is 0 Å². The quantitative estimate of drug-likeness (QED) is 0.505. The molecule has 33 heavy (non-hydrogen) atoms. The first-order chi connectivity index (χ1) is 15.7. The molecule has 1 heterocycles. The molecule has 0 saturated carbocycles. The highest BCUT2D eigenvalue weighted by molar-refractivity contribution is 5.90. The van der Waals surface area contributed by atoms with Crippen LogP contribution in [0.25, 0.3) is 5.57 Å². The summed E-state index contributed by atoms with van der Waals surface area (Å²) in [6.45, 7) is 7.03. The van der Waals surface area contributed by atoms with E-state index in [0.717, 1.165) is 42.5 Å². The number of aliphatic hydroxyl groups is 1. The summed E-state index contributed by atoms with van der Waals surface area (Å²) >= 11 is 0. The van der Waals surface area contributed by atoms with Crippen molar-refractivity contribution in [2.75, 3.05) is 19.7 Å². The Labute approximate surface area is 195 Å². The second kappa shape index (κ2) is 11.5. The van der Waals surface area contributed by atoms with Crippen molar-refractivity contribution in [3.05, 3.63) is 76.6 Å². The third-order valence-electron chi connectivity index (χ3n) is 6.35. The van der Waals surface area contributed by atoms with Gasteiger partial charge < -0.3 is 14.9 Å². The second-order valence-electron chi connectivity index (χ2n) is 8.96. The number of allylic oxidation sites excluding steroid dienone is 1. The van der Waals surface area contributed by atoms with Gasteiger partial charge in [0.1, 0.15) is 5.82 Å². The molecule has 2 aromatic rings. The Morgan fingerprint density at radius 1 is 1.30 bits per heavy atom. The molecule has 0 radical (unpaired) electrons. The van der Waals surface area contributed by atoms with E-state index < -0.39 is 12.1 Å². The number of likely N-dealkylation sites (tertiary alicyclic amines) is 1. The lowest BCUT2D eigenvalue weighted by Gasteiger charge is -2.28. The van der Waals surface area contributed by atoms with E-state index >= 15 is 0 Å². The Morgan fingerprint density at radius 2 is 2.06 bits per heavy atom. The average molecular weight is 456 g/mol. The fourth-order valence-corrected chi connectivity index (χ4v) is 4.54. The standard InChI is InChI=1S/C27H34FNO4/c1-18-10-11-21(15-26(18)28)14-22-7-6-12-29(22)16-23(30)17-33-20(3)25-9-5-4-8-24(25)19(2)13-27(31)32/h4-5,8-11,13,15,20,22-23,30H,6-7,12,14,16-17H2,1-3H3,(H,31,32)/b19-13+/t20-,22+,23+/m1/s1. The number of rotatable bonds is 10. The van der Waals surface area contributed by atoms with Crippen LogP contribution in [0.3, 0.4) is 0 Å². The number of aliphatic hydroxyl groups excluding tert-OH is 1. The maximum absolute atomic E-state index is 13.9. The molecule has 178 valence electrons. The van der Waals surface area contributed by atoms with Crippen molar-refractivity contribution in [2.45, 2.75) is 58.3 Å². The van der Waals surface area contributed by atoms with Crippen LogP contribution in [0.15, 0.2) is 48.5 Å². The number of benzene rings is 2. The van der Waals surface area contributed by atoms with Gasteiger partial charge in [-0.3, -0.25) is 4.90 Å². The summed E-state index contributed by atoms with van der Waals surface area (Å²) in [5.74, 6) is -1.16. The molecule has 0 unspecified atom stereocenters. The second-order valence-corrected chi connectivity index (χ2v) is 8.96. The highest BCUT2D eigenvalue weighted by atomic mass is 19.1. The minimum absolute atomic E-state index is 0.173. The first kappa shape index (κ1) is 25.1. The first-order valence-electron chi connectivity index (χ1n) is 11.5. The van der Waals surface area contributed by atoms with E-state index in [1.54, 1.807) is 19.9 Å². The van der Waals surface area contributed by atoms with Crippen molar-refractivity contribution >= 4 is 11.5 Å². The summed E-state index contributed by atoms with van der Waals surface area (Å²) in [6.07, 6.45) is 3.11. The molecular weight excluding hydrogens is 421 g/mol. The van der Waals surface area contributed by atoms with Gasteiger partial charge in [0.05, 0.1) is 18.8 Å². The molecule has 0 bridgehead atoms. The first-order valence-corrected chi connectivity index (χ1v) is 11.5. The Balaban J connectivity index is 1.56. The van der Waals surface area contributed by atoms with Crippen LogP contribution < -0.4 is 0 Å². The third-order valence-corrected chi connectivity index (χ3v) is 6.35. The van der Waals surface area contributed by atoms with Crippen molar-refractivity contribution < 1.29 is 24.1 Å². The molecule has 1 aliphatic rings. The number of β-amino-alcohol motifs (C(OH)–C–C–N with tert-alkyl or cyclic N) is 1. The molecule has 6 heteroatoms. The minimum atomic E-state index is -0.986. The molecule has 2 aromatic carbocycles. The minimum Gasteiger partial charge on any atom is -0.478 e. The predicted octanol–water partition coefficient (Wildman–Crippen LogP) is 4.77. The fourth-order valence-electron chi connectivity index (χ4n) is 4.54. The summed E-state index contributed by atoms with van der Waals surface area (Å²) in [5, 5.41) is 19.7. The number of nitrogens with zero attached hydrogens (tertiary/aromatic N) is 1. The van der Waals surface area contributed by atoms with Gasteiger partial charge in [0, 0.05) is 18.7 Å². The number of aliphatic carboxylic acids is 1. The Kier molecular flexibility index (Phi) is 8.78. The van der Waals surface area contributed by atoms with Gasteiger partial charge in [0.15, 0.2) is 0 Å². The smallest absolute Gasteiger partial charge is 0.328 e. The Hall–Kier alpha value is -2.54. The molecule has 1 saturated heterocycles. The lowest BCUT2D eigenvalue weighted by molar-refractivity contribution is -0.131. The van der Waals surface area contributed by atoms with Crippen LogP contribution in [-0.2, 0) is 16.0 Å². The molecule has 3 rings (SSSR count). The molecule has 0 spiro atoms. The zero-order chi connectivity index (χ0) is 24.0. The van der Waals surface area contributed by atoms with Crippen molar-refractivity contribution in [3.8, 4) is 0 Å². The number of halogens is 1. The zero-order valence-electron chi connectivity index (χ0n) is 19.6. The number of aryl methyl sites for hydroxylation is 1. The number of carboxylic acids is 1. The maximum atomic E-state index is 13.9. The van der Waals surface area contributed by atoms with Gasteiger partial charge in [-0.2, -0.15) is 0 Å². The van der Waals surface area contributed by atoms with E-state index in [0.29, 0.717) is 17.7 Å². The van der Waals surface area contributed by atoms with Gasteiger partial charge in [0.25, 0.3) is 0 Å². The van der Waals surface area contributed by atoms with Gasteiger partial charge in [-0.1, -0.05) is 36.4 Å². The van der Waals surface area contributed by atoms with Crippen LogP contribution in [0.2, 0.25) is 0 Å². The summed E-state index contributed by atoms with van der Waals surface area (Å²) in [7, 11) is 0. The molecule has 0 amide bonds. The van der Waals surface area contributed by atoms with Crippen molar-refractivity contribution in [3.63, 3.8) is 0 Å². The molecule has 1 fully saturated rings. The van der Waals surface area contributed by atoms with E-state index in [9.17, 15) is 14.3 Å². The van der Waals surface area contributed by atoms with E-state index in [4.69, 9.17) is 9.84 Å². The Morgan fingerprint density at radius 3 is 2.79 bits per heavy atom. The lowest BCUT2D eigenvalue weighted by atomic mass is 9.97. The SMILES string of the molecule is C/C(=C\C(=O)O)c1ccccc1[C@@H](C)OC[C@@H](O)CN1CCC[C@H]1Cc1ccc(C)c(F)c1. The number of hydrogen-bond donors (Lipinski definition) is 2. The van der Waals surface area contributed by atoms with E-state index in [1.807, 2.05) is 43.3 Å². The average Bonchev–Trinajstić information content (AvgIpc) is 3.20. The number of carboxylic acid groups (broad SMARTS) is 1. The number of carbonyl (C=O) groups is 1. The molecule has 3 atom stereocenters. The number of ether oxygens (including phenoxy) is 1. The zero-order valence-corrected chi connectivity index (χ0v) is 19.6. The van der Waals surface area contributed by atoms with Crippen LogP contribution in [0, 0.1) is 12.7 Å². The Bertz CT molecular complexity index is 990. The topological polar surface area (TPSA) is 70.0 Å². The number of hydrogen-bond acceptors (Lipinski definition) is 4. The van der Waals surface area contributed by atoms with Gasteiger partial charge >= 0.3 is 5.97 Å². The predicted molar refractivity (Wildman–Crippen MR) is 128 cm³/mol. The van der Waals surface area contributed by atoms with Crippen LogP contribution in [0.5, 0.6) is 0 Å². The van der Waals surface area contributed by atoms with E-state index in [1.165, 1.54) is 6.08 Å². The highest BCUT2D eigenvalue weighted by Crippen LogP contribution is 2.27. The fraction of sp³-hybridized carbons (Fsp3) is 0.444. The monoisotopic (exact) mass is 455 g/mol. The summed E-state index contributed by atoms with van der Waals surface area (Å²) in [4.78, 5) is 13.3. The normalized spacial score (nSPS) is 18.9. The summed E-state index contributed by atoms with van der Waals surface area (Å²) in [6, 6.07) is 13.3. The van der Waals surface area contributed by atoms with Crippen molar-refractivity contribution in [2.24, 2.45) is 0 Å². The molecule has 5 nitrogen and oxygen atoms in total. The van der Waals surface area contributed by atoms with Crippen LogP contribution in [0.1, 0.15) is 55.0 Å². The molecule has 1 aliphatic heterocycles. The lowest BCUT2D eigenvalue weighted by Crippen LogP contribution is -2.39. The molecule has 0 aromatic heterocycles. The van der Waals surface area contributed by atoms with Crippen molar-refractivity contribution in [1.29, 1.82) is 0 Å². The summed E-state index contributed by atoms with van der Waals surface area (Å²) in [5.41, 5.74) is 4.00. The largest absolute Gasteiger partial charge is 0.478 e. The van der Waals surface area contributed by atoms with Gasteiger partial charge in [-0.25, -0.2) is 9.18 Å². The van der Waals surface area contributed by atoms with E-state index in [2.05, 4.69) is 4.90 Å². The van der Waals surface area contributed by atoms with Gasteiger partial charge in [-0.05, 0) is 80.5 Å². The third kappa shape index (κ3) is 6.97. The molecular formula is C27H34FNO4. The van der Waals surface area contributed by atoms with Crippen LogP contribution in [-0.4, -0.2) is 52.9 Å². The highest BCUT2D eigenvalue weighted by Gasteiger charge is 2.27.